The number of hydrogen-bond donors (Lipinski definition) is 1. The number of hydrogen-bond acceptors (Lipinski definition) is 6. The number of aryl methyl sites for hydroxylation is 2. The normalized spacial score (nSPS) is 11.4. The van der Waals surface area contributed by atoms with Crippen LogP contribution in [0.15, 0.2) is 36.7 Å². The molecule has 28 heavy (non-hydrogen) atoms. The summed E-state index contributed by atoms with van der Waals surface area (Å²) < 4.78 is 1.80. The summed E-state index contributed by atoms with van der Waals surface area (Å²) in [4.78, 5) is 14.7. The third-order valence-corrected chi connectivity index (χ3v) is 5.35. The quantitative estimate of drug-likeness (QED) is 0.631. The van der Waals surface area contributed by atoms with Crippen LogP contribution in [0.5, 0.6) is 0 Å². The average Bonchev–Trinajstić information content (AvgIpc) is 3.29. The van der Waals surface area contributed by atoms with E-state index in [0.29, 0.717) is 24.1 Å². The Morgan fingerprint density at radius 1 is 1.18 bits per heavy atom. The fourth-order valence-electron chi connectivity index (χ4n) is 2.76. The molecule has 2 heterocycles. The first-order valence-corrected chi connectivity index (χ1v) is 10.1. The van der Waals surface area contributed by atoms with Crippen molar-refractivity contribution >= 4 is 17.2 Å². The van der Waals surface area contributed by atoms with Gasteiger partial charge in [-0.25, -0.2) is 0 Å². The van der Waals surface area contributed by atoms with E-state index in [-0.39, 0.29) is 5.91 Å². The molecule has 1 amide bonds. The lowest BCUT2D eigenvalue weighted by molar-refractivity contribution is 0.0950. The van der Waals surface area contributed by atoms with Gasteiger partial charge in [-0.15, -0.1) is 10.2 Å². The van der Waals surface area contributed by atoms with Crippen LogP contribution in [0.4, 0.5) is 0 Å². The van der Waals surface area contributed by atoms with E-state index in [1.165, 1.54) is 16.9 Å². The lowest BCUT2D eigenvalue weighted by Gasteiger charge is -2.24. The van der Waals surface area contributed by atoms with E-state index in [9.17, 15) is 4.79 Å². The van der Waals surface area contributed by atoms with Gasteiger partial charge in [0.2, 0.25) is 5.01 Å². The van der Waals surface area contributed by atoms with E-state index in [0.717, 1.165) is 22.7 Å². The van der Waals surface area contributed by atoms with Gasteiger partial charge in [0.25, 0.3) is 5.91 Å². The maximum atomic E-state index is 12.4. The first kappa shape index (κ1) is 20.2. The number of aromatic nitrogens is 4. The molecule has 8 heteroatoms. The monoisotopic (exact) mass is 398 g/mol. The summed E-state index contributed by atoms with van der Waals surface area (Å²) >= 11 is 1.34. The second-order valence-electron chi connectivity index (χ2n) is 7.19. The third kappa shape index (κ3) is 5.46. The molecule has 0 saturated carbocycles. The Morgan fingerprint density at radius 3 is 2.57 bits per heavy atom. The Hall–Kier alpha value is -2.58. The summed E-state index contributed by atoms with van der Waals surface area (Å²) in [5, 5.41) is 16.7. The molecule has 0 bridgehead atoms. The van der Waals surface area contributed by atoms with Gasteiger partial charge in [0.05, 0.1) is 12.7 Å². The summed E-state index contributed by atoms with van der Waals surface area (Å²) in [5.41, 5.74) is 3.41. The van der Waals surface area contributed by atoms with Crippen molar-refractivity contribution in [1.29, 1.82) is 0 Å². The highest BCUT2D eigenvalue weighted by atomic mass is 32.1. The Labute approximate surface area is 169 Å². The van der Waals surface area contributed by atoms with E-state index < -0.39 is 0 Å². The van der Waals surface area contributed by atoms with Crippen LogP contribution in [0.2, 0.25) is 0 Å². The van der Waals surface area contributed by atoms with Gasteiger partial charge in [0.1, 0.15) is 5.01 Å². The largest absolute Gasteiger partial charge is 0.346 e. The molecule has 148 valence electrons. The second-order valence-corrected chi connectivity index (χ2v) is 8.25. The predicted octanol–water partition coefficient (Wildman–Crippen LogP) is 2.92. The van der Waals surface area contributed by atoms with Crippen LogP contribution in [0.1, 0.15) is 45.3 Å². The minimum atomic E-state index is -0.187. The zero-order valence-corrected chi connectivity index (χ0v) is 17.5. The Morgan fingerprint density at radius 2 is 1.93 bits per heavy atom. The molecule has 0 unspecified atom stereocenters. The molecular formula is C20H26N6OS. The van der Waals surface area contributed by atoms with Gasteiger partial charge in [-0.05, 0) is 26.3 Å². The molecule has 0 saturated heterocycles. The number of rotatable bonds is 8. The first-order chi connectivity index (χ1) is 13.4. The average molecular weight is 399 g/mol. The van der Waals surface area contributed by atoms with Crippen LogP contribution < -0.4 is 5.32 Å². The van der Waals surface area contributed by atoms with Crippen molar-refractivity contribution in [3.8, 4) is 0 Å². The van der Waals surface area contributed by atoms with E-state index >= 15 is 0 Å². The smallest absolute Gasteiger partial charge is 0.282 e. The molecule has 1 aromatic carbocycles. The molecular weight excluding hydrogens is 372 g/mol. The Balaban J connectivity index is 1.58. The highest BCUT2D eigenvalue weighted by Gasteiger charge is 2.17. The fourth-order valence-corrected chi connectivity index (χ4v) is 3.54. The number of nitrogens with one attached hydrogen (secondary N) is 1. The lowest BCUT2D eigenvalue weighted by atomic mass is 10.1. The summed E-state index contributed by atoms with van der Waals surface area (Å²) in [7, 11) is 1.91. The summed E-state index contributed by atoms with van der Waals surface area (Å²) in [6, 6.07) is 8.43. The molecule has 0 spiro atoms. The van der Waals surface area contributed by atoms with Crippen molar-refractivity contribution in [2.45, 2.75) is 46.4 Å². The fraction of sp³-hybridized carbons (Fsp3) is 0.400. The van der Waals surface area contributed by atoms with Crippen LogP contribution in [0, 0.1) is 6.92 Å². The summed E-state index contributed by atoms with van der Waals surface area (Å²) in [5.74, 6) is -0.187. The molecule has 7 nitrogen and oxygen atoms in total. The number of nitrogens with zero attached hydrogens (tertiary/aromatic N) is 5. The van der Waals surface area contributed by atoms with Gasteiger partial charge in [0.15, 0.2) is 0 Å². The van der Waals surface area contributed by atoms with Crippen LogP contribution in [-0.4, -0.2) is 36.8 Å². The van der Waals surface area contributed by atoms with Crippen molar-refractivity contribution in [3.05, 3.63) is 63.4 Å². The predicted molar refractivity (Wildman–Crippen MR) is 110 cm³/mol. The van der Waals surface area contributed by atoms with Crippen molar-refractivity contribution in [2.75, 3.05) is 0 Å². The zero-order chi connectivity index (χ0) is 20.1. The standard InChI is InChI=1S/C20H26N6OS/c1-14(2)26(12-17-10-22-25(4)11-17)13-18-23-24-20(28-18)19(27)21-9-16-7-5-15(3)6-8-16/h5-8,10-11,14H,9,12-13H2,1-4H3,(H,21,27). The zero-order valence-electron chi connectivity index (χ0n) is 16.7. The van der Waals surface area contributed by atoms with Crippen LogP contribution in [0.25, 0.3) is 0 Å². The van der Waals surface area contributed by atoms with Gasteiger partial charge in [-0.2, -0.15) is 5.10 Å². The van der Waals surface area contributed by atoms with E-state index in [1.54, 1.807) is 4.68 Å². The lowest BCUT2D eigenvalue weighted by Crippen LogP contribution is -2.29. The molecule has 0 aliphatic carbocycles. The minimum absolute atomic E-state index is 0.187. The van der Waals surface area contributed by atoms with Crippen molar-refractivity contribution in [2.24, 2.45) is 7.05 Å². The van der Waals surface area contributed by atoms with Gasteiger partial charge >= 0.3 is 0 Å². The highest BCUT2D eigenvalue weighted by molar-refractivity contribution is 7.13. The van der Waals surface area contributed by atoms with E-state index in [2.05, 4.69) is 39.4 Å². The van der Waals surface area contributed by atoms with E-state index in [4.69, 9.17) is 0 Å². The molecule has 0 fully saturated rings. The maximum absolute atomic E-state index is 12.4. The van der Waals surface area contributed by atoms with Crippen LogP contribution in [-0.2, 0) is 26.7 Å². The number of carbonyl (C=O) groups is 1. The van der Waals surface area contributed by atoms with Crippen molar-refractivity contribution < 1.29 is 4.79 Å². The molecule has 0 radical (unpaired) electrons. The molecule has 2 aromatic heterocycles. The maximum Gasteiger partial charge on any atom is 0.282 e. The van der Waals surface area contributed by atoms with Crippen molar-refractivity contribution in [1.82, 2.24) is 30.2 Å². The Bertz CT molecular complexity index is 915. The van der Waals surface area contributed by atoms with Crippen LogP contribution in [0.3, 0.4) is 0 Å². The molecule has 1 N–H and O–H groups in total. The SMILES string of the molecule is Cc1ccc(CNC(=O)c2nnc(CN(Cc3cnn(C)c3)C(C)C)s2)cc1. The second kappa shape index (κ2) is 9.07. The minimum Gasteiger partial charge on any atom is -0.346 e. The van der Waals surface area contributed by atoms with Gasteiger partial charge < -0.3 is 5.32 Å². The van der Waals surface area contributed by atoms with Gasteiger partial charge in [0, 0.05) is 37.9 Å². The summed E-state index contributed by atoms with van der Waals surface area (Å²) in [6.45, 7) is 8.24. The Kier molecular flexibility index (Phi) is 6.53. The molecule has 3 rings (SSSR count). The molecule has 0 atom stereocenters. The number of amides is 1. The van der Waals surface area contributed by atoms with E-state index in [1.807, 2.05) is 50.6 Å². The number of carbonyl (C=O) groups excluding carboxylic acids is 1. The number of benzene rings is 1. The third-order valence-electron chi connectivity index (χ3n) is 4.45. The first-order valence-electron chi connectivity index (χ1n) is 9.28. The highest BCUT2D eigenvalue weighted by Crippen LogP contribution is 2.16. The molecule has 0 aliphatic rings. The van der Waals surface area contributed by atoms with Gasteiger partial charge in [-0.1, -0.05) is 41.2 Å². The molecule has 0 aliphatic heterocycles. The van der Waals surface area contributed by atoms with Gasteiger partial charge in [-0.3, -0.25) is 14.4 Å². The summed E-state index contributed by atoms with van der Waals surface area (Å²) in [6.07, 6.45) is 3.89. The molecule has 3 aromatic rings. The topological polar surface area (TPSA) is 75.9 Å². The van der Waals surface area contributed by atoms with Crippen LogP contribution >= 0.6 is 11.3 Å². The van der Waals surface area contributed by atoms with Crippen molar-refractivity contribution in [3.63, 3.8) is 0 Å².